The van der Waals surface area contributed by atoms with Gasteiger partial charge in [0.05, 0.1) is 12.2 Å². The van der Waals surface area contributed by atoms with Gasteiger partial charge in [-0.3, -0.25) is 0 Å². The van der Waals surface area contributed by atoms with E-state index in [1.54, 1.807) is 45.9 Å². The molecule has 0 fully saturated rings. The Morgan fingerprint density at radius 2 is 1.76 bits per heavy atom. The summed E-state index contributed by atoms with van der Waals surface area (Å²) < 4.78 is 60.6. The molecule has 182 valence electrons. The molecule has 0 radical (unpaired) electrons. The van der Waals surface area contributed by atoms with E-state index in [9.17, 15) is 18.0 Å². The lowest BCUT2D eigenvalue weighted by Crippen LogP contribution is -2.39. The van der Waals surface area contributed by atoms with Crippen LogP contribution in [0.25, 0.3) is 11.5 Å². The number of alkyl halides is 3. The number of benzene rings is 2. The summed E-state index contributed by atoms with van der Waals surface area (Å²) in [7, 11) is 0. The van der Waals surface area contributed by atoms with Gasteiger partial charge in [-0.1, -0.05) is 0 Å². The number of ether oxygens (including phenoxy) is 3. The van der Waals surface area contributed by atoms with Crippen molar-refractivity contribution >= 4 is 5.97 Å². The quantitative estimate of drug-likeness (QED) is 0.371. The lowest BCUT2D eigenvalue weighted by Gasteiger charge is -2.25. The molecule has 2 aromatic carbocycles. The monoisotopic (exact) mass is 478 g/mol. The number of carbonyl (C=O) groups excluding carboxylic acids is 1. The van der Waals surface area contributed by atoms with Crippen LogP contribution in [0.5, 0.6) is 11.5 Å². The van der Waals surface area contributed by atoms with Crippen molar-refractivity contribution in [2.45, 2.75) is 52.5 Å². The van der Waals surface area contributed by atoms with Crippen LogP contribution in [0.1, 0.15) is 50.8 Å². The maximum atomic E-state index is 12.7. The van der Waals surface area contributed by atoms with Gasteiger partial charge in [-0.15, -0.1) is 10.2 Å². The third-order valence-electron chi connectivity index (χ3n) is 4.84. The number of halogens is 3. The van der Waals surface area contributed by atoms with Crippen LogP contribution in [0.2, 0.25) is 0 Å². The maximum absolute atomic E-state index is 12.7. The summed E-state index contributed by atoms with van der Waals surface area (Å²) in [6.07, 6.45) is -5.05. The smallest absolute Gasteiger partial charge is 0.416 e. The van der Waals surface area contributed by atoms with Crippen LogP contribution in [0, 0.1) is 6.92 Å². The van der Waals surface area contributed by atoms with Gasteiger partial charge in [0.1, 0.15) is 11.5 Å². The Hall–Kier alpha value is -3.56. The number of esters is 1. The third kappa shape index (κ3) is 5.86. The SMILES string of the molecule is CCOC(=O)C(C)(C)Oc1ccc(OC(C)c2nnc(-c3ccc(C(F)(F)F)cc3)o2)cc1C. The Kier molecular flexibility index (Phi) is 7.18. The molecular weight excluding hydrogens is 453 g/mol. The minimum Gasteiger partial charge on any atom is -0.481 e. The fourth-order valence-electron chi connectivity index (χ4n) is 3.00. The summed E-state index contributed by atoms with van der Waals surface area (Å²) in [5, 5.41) is 7.85. The van der Waals surface area contributed by atoms with Crippen molar-refractivity contribution in [3.05, 3.63) is 59.5 Å². The molecule has 1 heterocycles. The van der Waals surface area contributed by atoms with Crippen LogP contribution in [0.15, 0.2) is 46.9 Å². The summed E-state index contributed by atoms with van der Waals surface area (Å²) in [5.41, 5.74) is -0.825. The van der Waals surface area contributed by atoms with Gasteiger partial charge in [0.15, 0.2) is 11.7 Å². The van der Waals surface area contributed by atoms with Gasteiger partial charge in [-0.05, 0) is 82.6 Å². The van der Waals surface area contributed by atoms with Crippen LogP contribution in [-0.4, -0.2) is 28.4 Å². The zero-order valence-electron chi connectivity index (χ0n) is 19.4. The Morgan fingerprint density at radius 1 is 1.09 bits per heavy atom. The number of nitrogens with zero attached hydrogens (tertiary/aromatic N) is 2. The molecule has 0 aliphatic carbocycles. The molecular formula is C24H25F3N2O5. The predicted octanol–water partition coefficient (Wildman–Crippen LogP) is 5.92. The predicted molar refractivity (Wildman–Crippen MR) is 116 cm³/mol. The van der Waals surface area contributed by atoms with Gasteiger partial charge in [-0.2, -0.15) is 13.2 Å². The molecule has 0 saturated heterocycles. The van der Waals surface area contributed by atoms with Crippen molar-refractivity contribution in [3.8, 4) is 23.0 Å². The fourth-order valence-corrected chi connectivity index (χ4v) is 3.00. The molecule has 0 N–H and O–H groups in total. The van der Waals surface area contributed by atoms with Crippen molar-refractivity contribution in [2.75, 3.05) is 6.61 Å². The molecule has 7 nitrogen and oxygen atoms in total. The van der Waals surface area contributed by atoms with Crippen molar-refractivity contribution in [3.63, 3.8) is 0 Å². The first-order chi connectivity index (χ1) is 15.9. The molecule has 3 aromatic rings. The van der Waals surface area contributed by atoms with Crippen molar-refractivity contribution in [2.24, 2.45) is 0 Å². The lowest BCUT2D eigenvalue weighted by molar-refractivity contribution is -0.158. The van der Waals surface area contributed by atoms with E-state index in [2.05, 4.69) is 10.2 Å². The minimum atomic E-state index is -4.42. The van der Waals surface area contributed by atoms with Crippen LogP contribution in [-0.2, 0) is 15.7 Å². The molecule has 3 rings (SSSR count). The summed E-state index contributed by atoms with van der Waals surface area (Å²) >= 11 is 0. The standard InChI is InChI=1S/C24H25F3N2O5/c1-6-31-22(30)23(4,5)34-19-12-11-18(13-14(19)2)32-15(3)20-28-29-21(33-20)16-7-9-17(10-8-16)24(25,26)27/h7-13,15H,6H2,1-5H3. The number of aromatic nitrogens is 2. The summed E-state index contributed by atoms with van der Waals surface area (Å²) in [4.78, 5) is 12.1. The van der Waals surface area contributed by atoms with Gasteiger partial charge in [-0.25, -0.2) is 4.79 Å². The van der Waals surface area contributed by atoms with Gasteiger partial charge in [0.25, 0.3) is 5.89 Å². The first kappa shape index (κ1) is 25.1. The number of aryl methyl sites for hydroxylation is 1. The Labute approximate surface area is 194 Å². The van der Waals surface area contributed by atoms with E-state index in [1.807, 2.05) is 6.92 Å². The molecule has 34 heavy (non-hydrogen) atoms. The topological polar surface area (TPSA) is 83.7 Å². The average Bonchev–Trinajstić information content (AvgIpc) is 3.26. The third-order valence-corrected chi connectivity index (χ3v) is 4.84. The molecule has 0 amide bonds. The maximum Gasteiger partial charge on any atom is 0.416 e. The second-order valence-electron chi connectivity index (χ2n) is 8.04. The van der Waals surface area contributed by atoms with Crippen molar-refractivity contribution in [1.82, 2.24) is 10.2 Å². The van der Waals surface area contributed by atoms with Gasteiger partial charge < -0.3 is 18.6 Å². The molecule has 0 saturated carbocycles. The molecule has 0 aliphatic rings. The molecule has 1 unspecified atom stereocenters. The van der Waals surface area contributed by atoms with Gasteiger partial charge >= 0.3 is 12.1 Å². The molecule has 1 aromatic heterocycles. The zero-order chi connectivity index (χ0) is 25.1. The van der Waals surface area contributed by atoms with E-state index < -0.39 is 29.4 Å². The highest BCUT2D eigenvalue weighted by Gasteiger charge is 2.32. The van der Waals surface area contributed by atoms with E-state index in [0.29, 0.717) is 17.1 Å². The average molecular weight is 478 g/mol. The second kappa shape index (κ2) is 9.74. The number of rotatable bonds is 8. The summed E-state index contributed by atoms with van der Waals surface area (Å²) in [5.74, 6) is 0.779. The van der Waals surface area contributed by atoms with E-state index in [-0.39, 0.29) is 18.4 Å². The highest BCUT2D eigenvalue weighted by atomic mass is 19.4. The first-order valence-corrected chi connectivity index (χ1v) is 10.5. The lowest BCUT2D eigenvalue weighted by atomic mass is 10.1. The minimum absolute atomic E-state index is 0.0836. The molecule has 0 spiro atoms. The van der Waals surface area contributed by atoms with E-state index in [0.717, 1.165) is 17.7 Å². The molecule has 0 bridgehead atoms. The van der Waals surface area contributed by atoms with E-state index in [4.69, 9.17) is 18.6 Å². The molecule has 1 atom stereocenters. The summed E-state index contributed by atoms with van der Waals surface area (Å²) in [6, 6.07) is 9.54. The van der Waals surface area contributed by atoms with Crippen LogP contribution >= 0.6 is 0 Å². The van der Waals surface area contributed by atoms with Crippen molar-refractivity contribution in [1.29, 1.82) is 0 Å². The number of carbonyl (C=O) groups is 1. The molecule has 10 heteroatoms. The van der Waals surface area contributed by atoms with Crippen LogP contribution in [0.3, 0.4) is 0 Å². The van der Waals surface area contributed by atoms with Crippen molar-refractivity contribution < 1.29 is 36.6 Å². The Morgan fingerprint density at radius 3 is 2.35 bits per heavy atom. The first-order valence-electron chi connectivity index (χ1n) is 10.5. The second-order valence-corrected chi connectivity index (χ2v) is 8.04. The van der Waals surface area contributed by atoms with Gasteiger partial charge in [0.2, 0.25) is 5.89 Å². The van der Waals surface area contributed by atoms with Crippen LogP contribution in [0.4, 0.5) is 13.2 Å². The zero-order valence-corrected chi connectivity index (χ0v) is 19.4. The van der Waals surface area contributed by atoms with Crippen LogP contribution < -0.4 is 9.47 Å². The number of hydrogen-bond donors (Lipinski definition) is 0. The highest BCUT2D eigenvalue weighted by Crippen LogP contribution is 2.32. The largest absolute Gasteiger partial charge is 0.481 e. The Balaban J connectivity index is 1.68. The fraction of sp³-hybridized carbons (Fsp3) is 0.375. The molecule has 0 aliphatic heterocycles. The highest BCUT2D eigenvalue weighted by molar-refractivity contribution is 5.79. The number of hydrogen-bond acceptors (Lipinski definition) is 7. The van der Waals surface area contributed by atoms with Gasteiger partial charge in [0, 0.05) is 5.56 Å². The van der Waals surface area contributed by atoms with E-state index >= 15 is 0 Å². The summed E-state index contributed by atoms with van der Waals surface area (Å²) in [6.45, 7) is 8.74. The normalized spacial score (nSPS) is 12.8. The van der Waals surface area contributed by atoms with E-state index in [1.165, 1.54) is 12.1 Å². The Bertz CT molecular complexity index is 1140.